The lowest BCUT2D eigenvalue weighted by molar-refractivity contribution is 0.173. The second kappa shape index (κ2) is 3.91. The van der Waals surface area contributed by atoms with Crippen molar-refractivity contribution in [1.82, 2.24) is 0 Å². The monoisotopic (exact) mass is 227 g/mol. The van der Waals surface area contributed by atoms with Crippen LogP contribution in [0.4, 0.5) is 0 Å². The van der Waals surface area contributed by atoms with Gasteiger partial charge in [-0.1, -0.05) is 11.6 Å². The van der Waals surface area contributed by atoms with Crippen LogP contribution in [0.2, 0.25) is 5.02 Å². The highest BCUT2D eigenvalue weighted by atomic mass is 35.5. The van der Waals surface area contributed by atoms with Gasteiger partial charge in [0.15, 0.2) is 11.5 Å². The average molecular weight is 228 g/mol. The van der Waals surface area contributed by atoms with Gasteiger partial charge >= 0.3 is 0 Å². The van der Waals surface area contributed by atoms with Gasteiger partial charge in [0.05, 0.1) is 5.02 Å². The molecule has 0 saturated carbocycles. The average Bonchev–Trinajstić information content (AvgIpc) is 2.61. The van der Waals surface area contributed by atoms with Crippen molar-refractivity contribution in [3.05, 3.63) is 22.2 Å². The molecule has 0 fully saturated rings. The van der Waals surface area contributed by atoms with E-state index in [-0.39, 0.29) is 12.8 Å². The predicted octanol–water partition coefficient (Wildman–Crippen LogP) is 2.27. The van der Waals surface area contributed by atoms with E-state index in [0.717, 1.165) is 34.1 Å². The fourth-order valence-corrected chi connectivity index (χ4v) is 1.96. The molecule has 1 unspecified atom stereocenters. The third kappa shape index (κ3) is 1.90. The van der Waals surface area contributed by atoms with E-state index in [1.807, 2.05) is 19.9 Å². The van der Waals surface area contributed by atoms with Crippen LogP contribution in [0.1, 0.15) is 18.1 Å². The first-order valence-electron chi connectivity index (χ1n) is 4.92. The maximum absolute atomic E-state index is 6.23. The van der Waals surface area contributed by atoms with Gasteiger partial charge < -0.3 is 15.2 Å². The Balaban J connectivity index is 2.44. The largest absolute Gasteiger partial charge is 0.454 e. The summed E-state index contributed by atoms with van der Waals surface area (Å²) in [6.07, 6.45) is 0.746. The summed E-state index contributed by atoms with van der Waals surface area (Å²) in [6.45, 7) is 4.16. The molecule has 15 heavy (non-hydrogen) atoms. The number of ether oxygens (including phenoxy) is 2. The molecule has 2 rings (SSSR count). The molecule has 1 heterocycles. The molecule has 0 bridgehead atoms. The molecule has 0 spiro atoms. The standard InChI is InChI=1S/C11H14ClNO2/c1-6(13)3-8-4-9-11(15-5-14-9)7(2)10(8)12/h4,6H,3,5,13H2,1-2H3. The van der Waals surface area contributed by atoms with Crippen LogP contribution < -0.4 is 15.2 Å². The Morgan fingerprint density at radius 3 is 2.93 bits per heavy atom. The Morgan fingerprint density at radius 1 is 1.53 bits per heavy atom. The van der Waals surface area contributed by atoms with Gasteiger partial charge in [-0.2, -0.15) is 0 Å². The first-order valence-corrected chi connectivity index (χ1v) is 5.30. The highest BCUT2D eigenvalue weighted by molar-refractivity contribution is 6.32. The molecule has 4 heteroatoms. The van der Waals surface area contributed by atoms with Gasteiger partial charge in [0.25, 0.3) is 0 Å². The molecule has 2 N–H and O–H groups in total. The molecule has 1 aromatic carbocycles. The van der Waals surface area contributed by atoms with Gasteiger partial charge in [0, 0.05) is 11.6 Å². The molecular weight excluding hydrogens is 214 g/mol. The van der Waals surface area contributed by atoms with E-state index in [9.17, 15) is 0 Å². The highest BCUT2D eigenvalue weighted by Crippen LogP contribution is 2.41. The van der Waals surface area contributed by atoms with Gasteiger partial charge in [-0.3, -0.25) is 0 Å². The fraction of sp³-hybridized carbons (Fsp3) is 0.455. The zero-order valence-corrected chi connectivity index (χ0v) is 9.60. The molecule has 1 aromatic rings. The SMILES string of the molecule is Cc1c(Cl)c(CC(C)N)cc2c1OCO2. The Kier molecular flexibility index (Phi) is 2.76. The van der Waals surface area contributed by atoms with E-state index in [1.54, 1.807) is 0 Å². The van der Waals surface area contributed by atoms with Crippen LogP contribution in [-0.4, -0.2) is 12.8 Å². The molecule has 82 valence electrons. The van der Waals surface area contributed by atoms with Crippen molar-refractivity contribution in [2.75, 3.05) is 6.79 Å². The lowest BCUT2D eigenvalue weighted by Gasteiger charge is -2.11. The number of fused-ring (bicyclic) bond motifs is 1. The smallest absolute Gasteiger partial charge is 0.231 e. The van der Waals surface area contributed by atoms with Gasteiger partial charge in [-0.05, 0) is 31.9 Å². The molecule has 0 saturated heterocycles. The highest BCUT2D eigenvalue weighted by Gasteiger charge is 2.21. The van der Waals surface area contributed by atoms with Crippen molar-refractivity contribution in [3.63, 3.8) is 0 Å². The van der Waals surface area contributed by atoms with Crippen LogP contribution in [0.5, 0.6) is 11.5 Å². The molecule has 0 radical (unpaired) electrons. The second-order valence-corrected chi connectivity index (χ2v) is 4.27. The topological polar surface area (TPSA) is 44.5 Å². The van der Waals surface area contributed by atoms with Crippen LogP contribution in [0.15, 0.2) is 6.07 Å². The Hall–Kier alpha value is -0.930. The molecule has 0 amide bonds. The van der Waals surface area contributed by atoms with Gasteiger partial charge in [-0.25, -0.2) is 0 Å². The van der Waals surface area contributed by atoms with Crippen LogP contribution in [0.25, 0.3) is 0 Å². The van der Waals surface area contributed by atoms with E-state index in [0.29, 0.717) is 0 Å². The number of rotatable bonds is 2. The minimum atomic E-state index is 0.0854. The zero-order valence-electron chi connectivity index (χ0n) is 8.84. The fourth-order valence-electron chi connectivity index (χ4n) is 1.75. The lowest BCUT2D eigenvalue weighted by atomic mass is 10.0. The number of halogens is 1. The normalized spacial score (nSPS) is 15.5. The summed E-state index contributed by atoms with van der Waals surface area (Å²) in [6, 6.07) is 2.00. The molecule has 3 nitrogen and oxygen atoms in total. The van der Waals surface area contributed by atoms with Crippen LogP contribution >= 0.6 is 11.6 Å². The molecular formula is C11H14ClNO2. The van der Waals surface area contributed by atoms with Crippen LogP contribution in [-0.2, 0) is 6.42 Å². The summed E-state index contributed by atoms with van der Waals surface area (Å²) in [4.78, 5) is 0. The molecule has 1 aliphatic rings. The third-order valence-corrected chi connectivity index (χ3v) is 2.97. The van der Waals surface area contributed by atoms with Crippen molar-refractivity contribution < 1.29 is 9.47 Å². The molecule has 1 atom stereocenters. The minimum absolute atomic E-state index is 0.0854. The first kappa shape index (κ1) is 10.6. The van der Waals surface area contributed by atoms with Crippen molar-refractivity contribution in [1.29, 1.82) is 0 Å². The maximum Gasteiger partial charge on any atom is 0.231 e. The minimum Gasteiger partial charge on any atom is -0.454 e. The molecule has 1 aliphatic heterocycles. The summed E-state index contributed by atoms with van der Waals surface area (Å²) in [5.74, 6) is 1.53. The number of benzene rings is 1. The zero-order chi connectivity index (χ0) is 11.0. The first-order chi connectivity index (χ1) is 7.09. The van der Waals surface area contributed by atoms with Crippen molar-refractivity contribution >= 4 is 11.6 Å². The summed E-state index contributed by atoms with van der Waals surface area (Å²) >= 11 is 6.23. The van der Waals surface area contributed by atoms with Gasteiger partial charge in [0.1, 0.15) is 0 Å². The lowest BCUT2D eigenvalue weighted by Crippen LogP contribution is -2.18. The maximum atomic E-state index is 6.23. The third-order valence-electron chi connectivity index (χ3n) is 2.44. The van der Waals surface area contributed by atoms with E-state index in [1.165, 1.54) is 0 Å². The number of nitrogens with two attached hydrogens (primary N) is 1. The van der Waals surface area contributed by atoms with Crippen LogP contribution in [0, 0.1) is 6.92 Å². The summed E-state index contributed by atoms with van der Waals surface area (Å²) in [7, 11) is 0. The quantitative estimate of drug-likeness (QED) is 0.843. The summed E-state index contributed by atoms with van der Waals surface area (Å²) in [5.41, 5.74) is 7.71. The van der Waals surface area contributed by atoms with Crippen molar-refractivity contribution in [3.8, 4) is 11.5 Å². The van der Waals surface area contributed by atoms with E-state index in [4.69, 9.17) is 26.8 Å². The second-order valence-electron chi connectivity index (χ2n) is 3.89. The number of hydrogen-bond donors (Lipinski definition) is 1. The Labute approximate surface area is 94.1 Å². The Bertz CT molecular complexity index is 391. The predicted molar refractivity (Wildman–Crippen MR) is 59.7 cm³/mol. The molecule has 0 aliphatic carbocycles. The van der Waals surface area contributed by atoms with Crippen LogP contribution in [0.3, 0.4) is 0 Å². The van der Waals surface area contributed by atoms with Gasteiger partial charge in [-0.15, -0.1) is 0 Å². The summed E-state index contributed by atoms with van der Waals surface area (Å²) in [5, 5.41) is 0.733. The Morgan fingerprint density at radius 2 is 2.27 bits per heavy atom. The molecule has 0 aromatic heterocycles. The van der Waals surface area contributed by atoms with E-state index >= 15 is 0 Å². The van der Waals surface area contributed by atoms with E-state index < -0.39 is 0 Å². The van der Waals surface area contributed by atoms with Crippen molar-refractivity contribution in [2.45, 2.75) is 26.3 Å². The summed E-state index contributed by atoms with van der Waals surface area (Å²) < 4.78 is 10.7. The van der Waals surface area contributed by atoms with Gasteiger partial charge in [0.2, 0.25) is 6.79 Å². The van der Waals surface area contributed by atoms with E-state index in [2.05, 4.69) is 0 Å². The number of hydrogen-bond acceptors (Lipinski definition) is 3. The van der Waals surface area contributed by atoms with Crippen molar-refractivity contribution in [2.24, 2.45) is 5.73 Å².